The number of nitrogens with zero attached hydrogens (tertiary/aromatic N) is 2. The van der Waals surface area contributed by atoms with Crippen molar-refractivity contribution in [3.63, 3.8) is 0 Å². The highest BCUT2D eigenvalue weighted by Gasteiger charge is 2.33. The summed E-state index contributed by atoms with van der Waals surface area (Å²) in [5, 5.41) is 2.88. The molecule has 0 aliphatic heterocycles. The van der Waals surface area contributed by atoms with E-state index >= 15 is 0 Å². The molecular weight excluding hydrogens is 502 g/mol. The second kappa shape index (κ2) is 13.6. The molecule has 0 saturated heterocycles. The first-order chi connectivity index (χ1) is 18.3. The van der Waals surface area contributed by atoms with Crippen LogP contribution >= 0.6 is 0 Å². The van der Waals surface area contributed by atoms with Gasteiger partial charge in [0.2, 0.25) is 11.8 Å². The Kier molecular flexibility index (Phi) is 10.3. The van der Waals surface area contributed by atoms with Crippen molar-refractivity contribution < 1.29 is 22.7 Å². The largest absolute Gasteiger partial charge is 0.497 e. The van der Waals surface area contributed by atoms with Crippen LogP contribution in [0.15, 0.2) is 89.8 Å². The maximum Gasteiger partial charge on any atom is 0.264 e. The molecule has 0 unspecified atom stereocenters. The van der Waals surface area contributed by atoms with Crippen LogP contribution in [-0.2, 0) is 26.2 Å². The zero-order chi connectivity index (χ0) is 27.5. The summed E-state index contributed by atoms with van der Waals surface area (Å²) in [6.07, 6.45) is 1.12. The molecule has 0 fully saturated rings. The van der Waals surface area contributed by atoms with Crippen LogP contribution in [0.5, 0.6) is 5.75 Å². The molecule has 202 valence electrons. The normalized spacial score (nSPS) is 11.9. The Morgan fingerprint density at radius 2 is 1.58 bits per heavy atom. The minimum atomic E-state index is -4.07. The first-order valence-corrected chi connectivity index (χ1v) is 14.1. The molecule has 0 heterocycles. The average molecular weight is 538 g/mol. The van der Waals surface area contributed by atoms with E-state index in [-0.39, 0.29) is 17.3 Å². The molecule has 9 heteroatoms. The van der Waals surface area contributed by atoms with Crippen molar-refractivity contribution in [1.82, 2.24) is 10.2 Å². The van der Waals surface area contributed by atoms with Crippen LogP contribution < -0.4 is 14.4 Å². The maximum absolute atomic E-state index is 14.0. The highest BCUT2D eigenvalue weighted by Crippen LogP contribution is 2.25. The Hall–Kier alpha value is -3.85. The molecule has 0 aliphatic carbocycles. The molecule has 8 nitrogen and oxygen atoms in total. The number of anilines is 1. The molecule has 0 aromatic heterocycles. The lowest BCUT2D eigenvalue weighted by molar-refractivity contribution is -0.140. The van der Waals surface area contributed by atoms with Gasteiger partial charge in [-0.3, -0.25) is 13.9 Å². The monoisotopic (exact) mass is 537 g/mol. The Morgan fingerprint density at radius 1 is 0.921 bits per heavy atom. The van der Waals surface area contributed by atoms with Gasteiger partial charge in [-0.05, 0) is 54.8 Å². The lowest BCUT2D eigenvalue weighted by Crippen LogP contribution is -2.52. The number of hydrogen-bond donors (Lipinski definition) is 1. The summed E-state index contributed by atoms with van der Waals surface area (Å²) in [7, 11) is -2.51. The molecule has 1 atom stereocenters. The third kappa shape index (κ3) is 7.13. The maximum atomic E-state index is 14.0. The number of amides is 2. The summed E-state index contributed by atoms with van der Waals surface area (Å²) in [5.74, 6) is -0.145. The van der Waals surface area contributed by atoms with Crippen LogP contribution in [0.25, 0.3) is 0 Å². The van der Waals surface area contributed by atoms with Gasteiger partial charge >= 0.3 is 0 Å². The summed E-state index contributed by atoms with van der Waals surface area (Å²) in [5.41, 5.74) is 1.12. The molecule has 0 aliphatic rings. The third-order valence-electron chi connectivity index (χ3n) is 6.08. The lowest BCUT2D eigenvalue weighted by atomic mass is 10.1. The van der Waals surface area contributed by atoms with Crippen molar-refractivity contribution in [1.29, 1.82) is 0 Å². The highest BCUT2D eigenvalue weighted by molar-refractivity contribution is 7.92. The van der Waals surface area contributed by atoms with Crippen LogP contribution in [0.2, 0.25) is 0 Å². The van der Waals surface area contributed by atoms with E-state index in [0.29, 0.717) is 24.4 Å². The van der Waals surface area contributed by atoms with Crippen molar-refractivity contribution in [2.45, 2.75) is 44.2 Å². The number of methoxy groups -OCH3 is 1. The van der Waals surface area contributed by atoms with Crippen LogP contribution in [0, 0.1) is 0 Å². The smallest absolute Gasteiger partial charge is 0.264 e. The molecule has 38 heavy (non-hydrogen) atoms. The number of rotatable bonds is 13. The van der Waals surface area contributed by atoms with Gasteiger partial charge in [-0.1, -0.05) is 62.4 Å². The summed E-state index contributed by atoms with van der Waals surface area (Å²) in [6, 6.07) is 23.0. The predicted octanol–water partition coefficient (Wildman–Crippen LogP) is 4.22. The molecule has 3 aromatic rings. The van der Waals surface area contributed by atoms with Gasteiger partial charge < -0.3 is 15.0 Å². The summed E-state index contributed by atoms with van der Waals surface area (Å²) >= 11 is 0. The lowest BCUT2D eigenvalue weighted by Gasteiger charge is -2.33. The quantitative estimate of drug-likeness (QED) is 0.352. The van der Waals surface area contributed by atoms with E-state index in [1.54, 1.807) is 67.8 Å². The Balaban J connectivity index is 2.02. The van der Waals surface area contributed by atoms with Crippen LogP contribution in [0.4, 0.5) is 5.69 Å². The molecule has 2 amide bonds. The van der Waals surface area contributed by atoms with Crippen LogP contribution in [0.1, 0.15) is 32.3 Å². The van der Waals surface area contributed by atoms with Gasteiger partial charge in [0, 0.05) is 13.1 Å². The second-order valence-corrected chi connectivity index (χ2v) is 10.6. The molecule has 0 saturated carbocycles. The van der Waals surface area contributed by atoms with Crippen molar-refractivity contribution in [3.8, 4) is 5.75 Å². The SMILES string of the molecule is CCCNC(=O)[C@@H](CC)N(Cc1cccc(OC)c1)C(=O)CN(c1ccccc1)S(=O)(=O)c1ccccc1. The molecule has 3 rings (SSSR count). The molecule has 3 aromatic carbocycles. The van der Waals surface area contributed by atoms with Gasteiger partial charge in [0.1, 0.15) is 18.3 Å². The molecular formula is C29H35N3O5S. The van der Waals surface area contributed by atoms with E-state index in [2.05, 4.69) is 5.32 Å². The van der Waals surface area contributed by atoms with Gasteiger partial charge in [0.05, 0.1) is 17.7 Å². The standard InChI is InChI=1S/C29H35N3O5S/c1-4-19-30-29(34)27(5-2)31(21-23-13-12-16-25(20-23)37-3)28(33)22-32(24-14-8-6-9-15-24)38(35,36)26-17-10-7-11-18-26/h6-18,20,27H,4-5,19,21-22H2,1-3H3,(H,30,34)/t27-/m1/s1. The Morgan fingerprint density at radius 3 is 2.18 bits per heavy atom. The van der Waals surface area contributed by atoms with Gasteiger partial charge in [-0.25, -0.2) is 8.42 Å². The van der Waals surface area contributed by atoms with Crippen LogP contribution in [-0.4, -0.2) is 51.4 Å². The average Bonchev–Trinajstić information content (AvgIpc) is 2.95. The first-order valence-electron chi connectivity index (χ1n) is 12.6. The summed E-state index contributed by atoms with van der Waals surface area (Å²) < 4.78 is 33.8. The Labute approximate surface area is 225 Å². The van der Waals surface area contributed by atoms with E-state index in [9.17, 15) is 18.0 Å². The van der Waals surface area contributed by atoms with E-state index in [0.717, 1.165) is 16.3 Å². The summed E-state index contributed by atoms with van der Waals surface area (Å²) in [4.78, 5) is 28.6. The number of sulfonamides is 1. The van der Waals surface area contributed by atoms with Gasteiger partial charge in [0.25, 0.3) is 10.0 Å². The Bertz CT molecular complexity index is 1300. The number of para-hydroxylation sites is 1. The minimum Gasteiger partial charge on any atom is -0.497 e. The minimum absolute atomic E-state index is 0.0729. The fraction of sp³-hybridized carbons (Fsp3) is 0.310. The number of carbonyl (C=O) groups is 2. The van der Waals surface area contributed by atoms with Gasteiger partial charge in [-0.2, -0.15) is 0 Å². The third-order valence-corrected chi connectivity index (χ3v) is 7.86. The van der Waals surface area contributed by atoms with E-state index in [1.807, 2.05) is 26.0 Å². The first kappa shape index (κ1) is 28.7. The van der Waals surface area contributed by atoms with Crippen molar-refractivity contribution >= 4 is 27.5 Å². The van der Waals surface area contributed by atoms with E-state index in [4.69, 9.17) is 4.74 Å². The summed E-state index contributed by atoms with van der Waals surface area (Å²) in [6.45, 7) is 3.91. The topological polar surface area (TPSA) is 96.0 Å². The van der Waals surface area contributed by atoms with E-state index in [1.165, 1.54) is 17.0 Å². The molecule has 0 spiro atoms. The number of nitrogens with one attached hydrogen (secondary N) is 1. The predicted molar refractivity (Wildman–Crippen MR) is 148 cm³/mol. The highest BCUT2D eigenvalue weighted by atomic mass is 32.2. The van der Waals surface area contributed by atoms with Crippen LogP contribution in [0.3, 0.4) is 0 Å². The zero-order valence-corrected chi connectivity index (χ0v) is 22.9. The molecule has 0 radical (unpaired) electrons. The molecule has 1 N–H and O–H groups in total. The zero-order valence-electron chi connectivity index (χ0n) is 22.0. The fourth-order valence-electron chi connectivity index (χ4n) is 4.10. The van der Waals surface area contributed by atoms with Crippen molar-refractivity contribution in [2.24, 2.45) is 0 Å². The van der Waals surface area contributed by atoms with Gasteiger partial charge in [0.15, 0.2) is 0 Å². The fourth-order valence-corrected chi connectivity index (χ4v) is 5.53. The number of carbonyl (C=O) groups excluding carboxylic acids is 2. The van der Waals surface area contributed by atoms with E-state index < -0.39 is 28.5 Å². The molecule has 0 bridgehead atoms. The number of benzene rings is 3. The van der Waals surface area contributed by atoms with Crippen molar-refractivity contribution in [3.05, 3.63) is 90.5 Å². The number of ether oxygens (including phenoxy) is 1. The number of hydrogen-bond acceptors (Lipinski definition) is 5. The second-order valence-electron chi connectivity index (χ2n) is 8.75. The van der Waals surface area contributed by atoms with Gasteiger partial charge in [-0.15, -0.1) is 0 Å². The van der Waals surface area contributed by atoms with Crippen molar-refractivity contribution in [2.75, 3.05) is 24.5 Å².